The van der Waals surface area contributed by atoms with Crippen molar-refractivity contribution < 1.29 is 33.7 Å². The third-order valence-corrected chi connectivity index (χ3v) is 4.37. The van der Waals surface area contributed by atoms with Crippen LogP contribution in [-0.2, 0) is 23.7 Å². The molecule has 3 rings (SSSR count). The molecule has 2 fully saturated rings. The van der Waals surface area contributed by atoms with E-state index in [4.69, 9.17) is 24.2 Å². The molecule has 0 saturated carbocycles. The fourth-order valence-corrected chi connectivity index (χ4v) is 2.73. The highest BCUT2D eigenvalue weighted by molar-refractivity contribution is 5.71. The van der Waals surface area contributed by atoms with Gasteiger partial charge in [0.2, 0.25) is 0 Å². The Morgan fingerprint density at radius 3 is 2.81 bits per heavy atom. The lowest BCUT2D eigenvalue weighted by atomic mass is 10.1. The van der Waals surface area contributed by atoms with Crippen LogP contribution in [0.1, 0.15) is 26.5 Å². The zero-order valence-corrected chi connectivity index (χ0v) is 14.2. The van der Waals surface area contributed by atoms with Crippen molar-refractivity contribution in [3.8, 4) is 0 Å². The number of esters is 1. The minimum atomic E-state index is -0.994. The van der Waals surface area contributed by atoms with Crippen molar-refractivity contribution in [2.75, 3.05) is 12.1 Å². The number of ether oxygens (including phenoxy) is 4. The van der Waals surface area contributed by atoms with E-state index in [0.717, 1.165) is 4.57 Å². The average Bonchev–Trinajstić information content (AvgIpc) is 3.16. The van der Waals surface area contributed by atoms with Gasteiger partial charge in [0.15, 0.2) is 24.3 Å². The summed E-state index contributed by atoms with van der Waals surface area (Å²) in [5.41, 5.74) is 1.04. The molecule has 2 aliphatic rings. The number of carbonyl (C=O) groups excluding carboxylic acids is 2. The molecule has 26 heavy (non-hydrogen) atoms. The topological polar surface area (TPSA) is 138 Å². The summed E-state index contributed by atoms with van der Waals surface area (Å²) in [7, 11) is 0. The van der Waals surface area contributed by atoms with Crippen molar-refractivity contribution in [3.63, 3.8) is 0 Å². The molecule has 11 nitrogen and oxygen atoms in total. The lowest BCUT2D eigenvalue weighted by Crippen LogP contribution is -2.34. The summed E-state index contributed by atoms with van der Waals surface area (Å²) in [6.07, 6.45) is -2.42. The molecule has 1 aromatic heterocycles. The van der Waals surface area contributed by atoms with Crippen LogP contribution in [0.3, 0.4) is 0 Å². The Morgan fingerprint density at radius 1 is 1.42 bits per heavy atom. The van der Waals surface area contributed by atoms with Crippen LogP contribution in [-0.4, -0.2) is 51.8 Å². The number of nitrogens with one attached hydrogen (secondary N) is 1. The van der Waals surface area contributed by atoms with Gasteiger partial charge in [-0.1, -0.05) is 13.8 Å². The largest absolute Gasteiger partial charge is 0.509 e. The average molecular weight is 369 g/mol. The second kappa shape index (κ2) is 7.30. The molecule has 1 aromatic rings. The van der Waals surface area contributed by atoms with E-state index in [-0.39, 0.29) is 18.3 Å². The molecule has 0 spiro atoms. The summed E-state index contributed by atoms with van der Waals surface area (Å²) in [6.45, 7) is 3.46. The van der Waals surface area contributed by atoms with Crippen LogP contribution in [0, 0.1) is 5.92 Å². The van der Waals surface area contributed by atoms with Crippen molar-refractivity contribution >= 4 is 17.9 Å². The van der Waals surface area contributed by atoms with Gasteiger partial charge in [0.1, 0.15) is 12.7 Å². The molecule has 2 aliphatic heterocycles. The first-order valence-electron chi connectivity index (χ1n) is 8.13. The summed E-state index contributed by atoms with van der Waals surface area (Å²) in [4.78, 5) is 39.1. The summed E-state index contributed by atoms with van der Waals surface area (Å²) < 4.78 is 22.2. The van der Waals surface area contributed by atoms with Crippen molar-refractivity contribution in [2.45, 2.75) is 44.8 Å². The Kier molecular flexibility index (Phi) is 5.09. The fourth-order valence-electron chi connectivity index (χ4n) is 2.73. The normalized spacial score (nSPS) is 28.0. The van der Waals surface area contributed by atoms with Crippen LogP contribution in [0.4, 0.5) is 10.6 Å². The highest BCUT2D eigenvalue weighted by Crippen LogP contribution is 2.37. The number of fused-ring (bicyclic) bond motifs is 1. The molecule has 5 atom stereocenters. The monoisotopic (exact) mass is 369 g/mol. The second-order valence-electron chi connectivity index (χ2n) is 6.03. The minimum Gasteiger partial charge on any atom is -0.463 e. The van der Waals surface area contributed by atoms with Gasteiger partial charge < -0.3 is 18.9 Å². The number of anilines is 1. The standard InChI is InChI=1S/C15H19N3O8/c1-3-7(2)13(19)23-6-8-10-11(26-15(21)25-10)12(24-8)18-5-4-9(17-22)16-14(18)20/h4-5,7-8,10-12,22H,3,6H2,1-2H3,(H,16,17,20)/t7-,8-,10-,11-,12-/m1/s1. The van der Waals surface area contributed by atoms with Gasteiger partial charge in [0.05, 0.1) is 5.92 Å². The van der Waals surface area contributed by atoms with E-state index >= 15 is 0 Å². The number of rotatable bonds is 6. The van der Waals surface area contributed by atoms with Crippen molar-refractivity contribution in [1.82, 2.24) is 9.55 Å². The molecule has 0 amide bonds. The zero-order valence-electron chi connectivity index (χ0n) is 14.2. The van der Waals surface area contributed by atoms with Gasteiger partial charge in [-0.15, -0.1) is 0 Å². The van der Waals surface area contributed by atoms with Gasteiger partial charge in [0.25, 0.3) is 0 Å². The van der Waals surface area contributed by atoms with Gasteiger partial charge in [-0.2, -0.15) is 4.98 Å². The lowest BCUT2D eigenvalue weighted by Gasteiger charge is -2.18. The van der Waals surface area contributed by atoms with Crippen LogP contribution in [0.5, 0.6) is 0 Å². The van der Waals surface area contributed by atoms with Crippen molar-refractivity contribution in [3.05, 3.63) is 22.7 Å². The van der Waals surface area contributed by atoms with E-state index in [9.17, 15) is 14.4 Å². The molecule has 142 valence electrons. The lowest BCUT2D eigenvalue weighted by molar-refractivity contribution is -0.155. The maximum absolute atomic E-state index is 12.1. The Labute approximate surface area is 147 Å². The molecule has 3 heterocycles. The van der Waals surface area contributed by atoms with Crippen LogP contribution < -0.4 is 11.2 Å². The van der Waals surface area contributed by atoms with Crippen LogP contribution in [0.15, 0.2) is 17.1 Å². The zero-order chi connectivity index (χ0) is 18.8. The summed E-state index contributed by atoms with van der Waals surface area (Å²) in [6, 6.07) is 1.34. The SMILES string of the molecule is CC[C@@H](C)C(=O)OC[C@H]1O[C@@H](n2ccc(NO)nc2=O)[C@@H]2OC(=O)O[C@@H]21. The summed E-state index contributed by atoms with van der Waals surface area (Å²) >= 11 is 0. The van der Waals surface area contributed by atoms with E-state index in [1.54, 1.807) is 12.4 Å². The molecule has 2 saturated heterocycles. The number of hydrogen-bond acceptors (Lipinski definition) is 10. The predicted octanol–water partition coefficient (Wildman–Crippen LogP) is 0.435. The van der Waals surface area contributed by atoms with Crippen molar-refractivity contribution in [2.24, 2.45) is 5.92 Å². The molecule has 2 N–H and O–H groups in total. The van der Waals surface area contributed by atoms with Gasteiger partial charge in [-0.25, -0.2) is 9.59 Å². The summed E-state index contributed by atoms with van der Waals surface area (Å²) in [5.74, 6) is -0.700. The highest BCUT2D eigenvalue weighted by Gasteiger charge is 2.55. The predicted molar refractivity (Wildman–Crippen MR) is 83.4 cm³/mol. The van der Waals surface area contributed by atoms with Crippen LogP contribution in [0.2, 0.25) is 0 Å². The third-order valence-electron chi connectivity index (χ3n) is 4.37. The highest BCUT2D eigenvalue weighted by atomic mass is 16.8. The van der Waals surface area contributed by atoms with E-state index in [0.29, 0.717) is 6.42 Å². The van der Waals surface area contributed by atoms with Gasteiger partial charge in [0, 0.05) is 6.20 Å². The van der Waals surface area contributed by atoms with Crippen LogP contribution in [0.25, 0.3) is 0 Å². The van der Waals surface area contributed by atoms with Gasteiger partial charge in [-0.3, -0.25) is 20.0 Å². The molecule has 0 aliphatic carbocycles. The summed E-state index contributed by atoms with van der Waals surface area (Å²) in [5, 5.41) is 8.80. The third kappa shape index (κ3) is 3.35. The Morgan fingerprint density at radius 2 is 2.15 bits per heavy atom. The smallest absolute Gasteiger partial charge is 0.463 e. The number of carbonyl (C=O) groups is 2. The van der Waals surface area contributed by atoms with E-state index in [1.807, 2.05) is 6.92 Å². The Bertz CT molecular complexity index is 751. The molecular weight excluding hydrogens is 350 g/mol. The maximum Gasteiger partial charge on any atom is 0.509 e. The first-order chi connectivity index (χ1) is 12.4. The molecule has 0 radical (unpaired) electrons. The first-order valence-corrected chi connectivity index (χ1v) is 8.13. The molecule has 0 bridgehead atoms. The maximum atomic E-state index is 12.1. The van der Waals surface area contributed by atoms with Crippen molar-refractivity contribution in [1.29, 1.82) is 0 Å². The number of aromatic nitrogens is 2. The van der Waals surface area contributed by atoms with Gasteiger partial charge in [-0.05, 0) is 12.5 Å². The van der Waals surface area contributed by atoms with Gasteiger partial charge >= 0.3 is 17.8 Å². The molecule has 0 unspecified atom stereocenters. The van der Waals surface area contributed by atoms with E-state index < -0.39 is 42.4 Å². The first kappa shape index (κ1) is 18.1. The van der Waals surface area contributed by atoms with Crippen LogP contribution >= 0.6 is 0 Å². The minimum absolute atomic E-state index is 0.0421. The van der Waals surface area contributed by atoms with E-state index in [1.165, 1.54) is 12.3 Å². The Balaban J connectivity index is 1.77. The molecule has 11 heteroatoms. The number of nitrogens with zero attached hydrogens (tertiary/aromatic N) is 2. The second-order valence-corrected chi connectivity index (χ2v) is 6.03. The fraction of sp³-hybridized carbons (Fsp3) is 0.600. The quantitative estimate of drug-likeness (QED) is 0.536. The number of hydrogen-bond donors (Lipinski definition) is 2. The molecule has 0 aromatic carbocycles. The Hall–Kier alpha value is -2.66. The van der Waals surface area contributed by atoms with E-state index in [2.05, 4.69) is 4.98 Å². The molecular formula is C15H19N3O8.